The van der Waals surface area contributed by atoms with Crippen LogP contribution in [-0.2, 0) is 6.54 Å². The van der Waals surface area contributed by atoms with Crippen molar-refractivity contribution < 1.29 is 4.79 Å². The van der Waals surface area contributed by atoms with Crippen molar-refractivity contribution in [2.24, 2.45) is 0 Å². The van der Waals surface area contributed by atoms with Gasteiger partial charge in [-0.05, 0) is 45.2 Å². The summed E-state index contributed by atoms with van der Waals surface area (Å²) >= 11 is 0. The zero-order chi connectivity index (χ0) is 18.8. The molecule has 0 bridgehead atoms. The molecule has 0 spiro atoms. The maximum atomic E-state index is 12.7. The van der Waals surface area contributed by atoms with Crippen molar-refractivity contribution in [1.29, 1.82) is 0 Å². The standard InChI is InChI=1S/C20H24N6O/c1-14-12-18(25-9-5-3-6-10-25)24-16(22-14)13-21-20(27)19-15(2)23-17-8-4-7-11-26(17)19/h4,7-8,11-12H,3,5-6,9-10,13H2,1-2H3,(H,21,27). The molecule has 1 aliphatic rings. The Morgan fingerprint density at radius 3 is 2.74 bits per heavy atom. The molecule has 0 aromatic carbocycles. The summed E-state index contributed by atoms with van der Waals surface area (Å²) in [4.78, 5) is 28.7. The van der Waals surface area contributed by atoms with Gasteiger partial charge in [-0.2, -0.15) is 0 Å². The third-order valence-corrected chi connectivity index (χ3v) is 4.89. The zero-order valence-electron chi connectivity index (χ0n) is 15.8. The number of carbonyl (C=O) groups excluding carboxylic acids is 1. The summed E-state index contributed by atoms with van der Waals surface area (Å²) in [6.07, 6.45) is 5.52. The van der Waals surface area contributed by atoms with E-state index in [4.69, 9.17) is 0 Å². The van der Waals surface area contributed by atoms with E-state index in [1.54, 1.807) is 4.40 Å². The predicted molar refractivity (Wildman–Crippen MR) is 104 cm³/mol. The van der Waals surface area contributed by atoms with E-state index < -0.39 is 0 Å². The number of pyridine rings is 1. The number of hydrogen-bond acceptors (Lipinski definition) is 5. The molecule has 4 heterocycles. The summed E-state index contributed by atoms with van der Waals surface area (Å²) in [7, 11) is 0. The largest absolute Gasteiger partial charge is 0.357 e. The number of carbonyl (C=O) groups is 1. The van der Waals surface area contributed by atoms with Gasteiger partial charge in [0.2, 0.25) is 0 Å². The number of amides is 1. The Kier molecular flexibility index (Phi) is 4.75. The number of piperidine rings is 1. The molecule has 1 saturated heterocycles. The smallest absolute Gasteiger partial charge is 0.270 e. The van der Waals surface area contributed by atoms with Crippen molar-refractivity contribution in [3.05, 3.63) is 53.4 Å². The molecule has 27 heavy (non-hydrogen) atoms. The summed E-state index contributed by atoms with van der Waals surface area (Å²) in [5.74, 6) is 1.42. The Balaban J connectivity index is 1.52. The molecule has 7 heteroatoms. The lowest BCUT2D eigenvalue weighted by Gasteiger charge is -2.28. The molecule has 1 amide bonds. The van der Waals surface area contributed by atoms with Crippen LogP contribution in [0.5, 0.6) is 0 Å². The Bertz CT molecular complexity index is 974. The van der Waals surface area contributed by atoms with Gasteiger partial charge in [-0.3, -0.25) is 9.20 Å². The van der Waals surface area contributed by atoms with Crippen molar-refractivity contribution in [3.63, 3.8) is 0 Å². The van der Waals surface area contributed by atoms with Gasteiger partial charge in [-0.25, -0.2) is 15.0 Å². The molecule has 0 unspecified atom stereocenters. The normalized spacial score (nSPS) is 14.5. The molecule has 3 aromatic heterocycles. The highest BCUT2D eigenvalue weighted by Crippen LogP contribution is 2.18. The molecule has 0 radical (unpaired) electrons. The highest BCUT2D eigenvalue weighted by molar-refractivity contribution is 5.94. The first kappa shape index (κ1) is 17.5. The minimum Gasteiger partial charge on any atom is -0.357 e. The van der Waals surface area contributed by atoms with E-state index in [-0.39, 0.29) is 5.91 Å². The minimum atomic E-state index is -0.171. The number of aryl methyl sites for hydroxylation is 2. The van der Waals surface area contributed by atoms with Crippen molar-refractivity contribution in [2.45, 2.75) is 39.7 Å². The lowest BCUT2D eigenvalue weighted by molar-refractivity contribution is 0.0943. The summed E-state index contributed by atoms with van der Waals surface area (Å²) < 4.78 is 1.81. The number of rotatable bonds is 4. The van der Waals surface area contributed by atoms with Crippen LogP contribution in [0.1, 0.15) is 47.0 Å². The minimum absolute atomic E-state index is 0.171. The van der Waals surface area contributed by atoms with Crippen LogP contribution in [0.4, 0.5) is 5.82 Å². The first-order valence-electron chi connectivity index (χ1n) is 9.43. The number of nitrogens with one attached hydrogen (secondary N) is 1. The fourth-order valence-corrected chi connectivity index (χ4v) is 3.61. The fourth-order valence-electron chi connectivity index (χ4n) is 3.61. The molecule has 140 valence electrons. The number of aromatic nitrogens is 4. The molecular weight excluding hydrogens is 340 g/mol. The summed E-state index contributed by atoms with van der Waals surface area (Å²) in [5, 5.41) is 2.95. The molecule has 7 nitrogen and oxygen atoms in total. The number of anilines is 1. The lowest BCUT2D eigenvalue weighted by Crippen LogP contribution is -2.31. The van der Waals surface area contributed by atoms with Crippen LogP contribution in [0.3, 0.4) is 0 Å². The second-order valence-electron chi connectivity index (χ2n) is 6.99. The van der Waals surface area contributed by atoms with E-state index in [0.717, 1.165) is 30.2 Å². The van der Waals surface area contributed by atoms with Crippen molar-refractivity contribution in [2.75, 3.05) is 18.0 Å². The van der Waals surface area contributed by atoms with Crippen LogP contribution in [-0.4, -0.2) is 38.3 Å². The molecule has 4 rings (SSSR count). The van der Waals surface area contributed by atoms with Gasteiger partial charge in [0.15, 0.2) is 0 Å². The molecule has 0 atom stereocenters. The maximum absolute atomic E-state index is 12.7. The quantitative estimate of drug-likeness (QED) is 0.770. The van der Waals surface area contributed by atoms with E-state index in [2.05, 4.69) is 25.2 Å². The predicted octanol–water partition coefficient (Wildman–Crippen LogP) is 2.66. The Hall–Kier alpha value is -2.96. The van der Waals surface area contributed by atoms with Crippen LogP contribution in [0.25, 0.3) is 5.65 Å². The van der Waals surface area contributed by atoms with E-state index in [1.165, 1.54) is 19.3 Å². The molecule has 1 fully saturated rings. The van der Waals surface area contributed by atoms with Gasteiger partial charge < -0.3 is 10.2 Å². The number of fused-ring (bicyclic) bond motifs is 1. The van der Waals surface area contributed by atoms with E-state index >= 15 is 0 Å². The third kappa shape index (κ3) is 3.63. The van der Waals surface area contributed by atoms with Gasteiger partial charge in [0.1, 0.15) is 23.0 Å². The van der Waals surface area contributed by atoms with Crippen molar-refractivity contribution >= 4 is 17.4 Å². The van der Waals surface area contributed by atoms with E-state index in [9.17, 15) is 4.79 Å². The maximum Gasteiger partial charge on any atom is 0.270 e. The number of nitrogens with zero attached hydrogens (tertiary/aromatic N) is 5. The van der Waals surface area contributed by atoms with Gasteiger partial charge in [0.25, 0.3) is 5.91 Å². The monoisotopic (exact) mass is 364 g/mol. The Labute approximate surface area is 158 Å². The van der Waals surface area contributed by atoms with Crippen LogP contribution < -0.4 is 10.2 Å². The average molecular weight is 364 g/mol. The first-order chi connectivity index (χ1) is 13.1. The summed E-state index contributed by atoms with van der Waals surface area (Å²) in [6.45, 7) is 6.17. The first-order valence-corrected chi connectivity index (χ1v) is 9.43. The van der Waals surface area contributed by atoms with Gasteiger partial charge in [-0.1, -0.05) is 6.07 Å². The van der Waals surface area contributed by atoms with Crippen molar-refractivity contribution in [3.8, 4) is 0 Å². The van der Waals surface area contributed by atoms with Crippen LogP contribution in [0.15, 0.2) is 30.5 Å². The molecular formula is C20H24N6O. The topological polar surface area (TPSA) is 75.4 Å². The fraction of sp³-hybridized carbons (Fsp3) is 0.400. The van der Waals surface area contributed by atoms with Crippen LogP contribution in [0.2, 0.25) is 0 Å². The molecule has 0 saturated carbocycles. The summed E-state index contributed by atoms with van der Waals surface area (Å²) in [5.41, 5.74) is 2.94. The number of imidazole rings is 1. The summed E-state index contributed by atoms with van der Waals surface area (Å²) in [6, 6.07) is 7.70. The highest BCUT2D eigenvalue weighted by Gasteiger charge is 2.17. The highest BCUT2D eigenvalue weighted by atomic mass is 16.1. The van der Waals surface area contributed by atoms with Gasteiger partial charge in [0, 0.05) is 31.0 Å². The van der Waals surface area contributed by atoms with Gasteiger partial charge in [-0.15, -0.1) is 0 Å². The Morgan fingerprint density at radius 1 is 1.11 bits per heavy atom. The molecule has 3 aromatic rings. The lowest BCUT2D eigenvalue weighted by atomic mass is 10.1. The Morgan fingerprint density at radius 2 is 1.93 bits per heavy atom. The zero-order valence-corrected chi connectivity index (χ0v) is 15.8. The van der Waals surface area contributed by atoms with Crippen molar-refractivity contribution in [1.82, 2.24) is 24.7 Å². The van der Waals surface area contributed by atoms with Gasteiger partial charge in [0.05, 0.1) is 12.2 Å². The number of hydrogen-bond donors (Lipinski definition) is 1. The second-order valence-corrected chi connectivity index (χ2v) is 6.99. The van der Waals surface area contributed by atoms with Gasteiger partial charge >= 0.3 is 0 Å². The molecule has 0 aliphatic carbocycles. The average Bonchev–Trinajstić information content (AvgIpc) is 3.02. The van der Waals surface area contributed by atoms with E-state index in [0.29, 0.717) is 23.8 Å². The second kappa shape index (κ2) is 7.34. The SMILES string of the molecule is Cc1cc(N2CCCCC2)nc(CNC(=O)c2c(C)nc3ccccn23)n1. The van der Waals surface area contributed by atoms with Crippen LogP contribution >= 0.6 is 0 Å². The molecule has 1 aliphatic heterocycles. The van der Waals surface area contributed by atoms with Crippen LogP contribution in [0, 0.1) is 13.8 Å². The third-order valence-electron chi connectivity index (χ3n) is 4.89. The molecule has 1 N–H and O–H groups in total. The van der Waals surface area contributed by atoms with E-state index in [1.807, 2.05) is 44.3 Å².